The molecule has 0 amide bonds. The van der Waals surface area contributed by atoms with Gasteiger partial charge in [-0.15, -0.1) is 0 Å². The molecule has 0 radical (unpaired) electrons. The van der Waals surface area contributed by atoms with Crippen LogP contribution >= 0.6 is 12.2 Å². The smallest absolute Gasteiger partial charge is 0.198 e. The van der Waals surface area contributed by atoms with Gasteiger partial charge < -0.3 is 4.57 Å². The van der Waals surface area contributed by atoms with Crippen molar-refractivity contribution in [3.63, 3.8) is 0 Å². The first kappa shape index (κ1) is 13.3. The molecular weight excluding hydrogens is 256 g/mol. The monoisotopic (exact) mass is 280 g/mol. The molecule has 19 heavy (non-hydrogen) atoms. The van der Waals surface area contributed by atoms with E-state index in [0.29, 0.717) is 0 Å². The first-order valence-corrected chi connectivity index (χ1v) is 7.92. The lowest BCUT2D eigenvalue weighted by Gasteiger charge is -2.43. The van der Waals surface area contributed by atoms with Gasteiger partial charge in [0.1, 0.15) is 5.82 Å². The first-order chi connectivity index (χ1) is 9.16. The molecule has 1 aliphatic heterocycles. The van der Waals surface area contributed by atoms with Crippen molar-refractivity contribution >= 4 is 12.2 Å². The van der Waals surface area contributed by atoms with Crippen LogP contribution in [0.3, 0.4) is 0 Å². The van der Waals surface area contributed by atoms with Gasteiger partial charge in [0.15, 0.2) is 4.77 Å². The molecule has 2 unspecified atom stereocenters. The predicted octanol–water partition coefficient (Wildman–Crippen LogP) is 2.87. The molecule has 0 spiro atoms. The van der Waals surface area contributed by atoms with E-state index in [2.05, 4.69) is 10.00 Å². The average molecular weight is 280 g/mol. The van der Waals surface area contributed by atoms with E-state index in [1.54, 1.807) is 0 Å². The fourth-order valence-corrected chi connectivity index (χ4v) is 3.99. The fraction of sp³-hybridized carbons (Fsp3) is 0.857. The number of fused-ring (bicyclic) bond motifs is 1. The molecule has 1 aromatic rings. The maximum atomic E-state index is 5.47. The molecule has 0 bridgehead atoms. The zero-order valence-electron chi connectivity index (χ0n) is 12.0. The standard InChI is InChI=1S/C14H24N4S/c1-11-15-18(14(19)16(11)2)10-17-9-5-7-12-6-3-4-8-13(12)17/h12-13H,3-10H2,1-2H3. The number of hydrogen-bond acceptors (Lipinski definition) is 3. The lowest BCUT2D eigenvalue weighted by atomic mass is 9.78. The molecule has 0 N–H and O–H groups in total. The Morgan fingerprint density at radius 3 is 2.68 bits per heavy atom. The second-order valence-electron chi connectivity index (χ2n) is 6.10. The Morgan fingerprint density at radius 1 is 1.21 bits per heavy atom. The summed E-state index contributed by atoms with van der Waals surface area (Å²) in [6.45, 7) is 4.10. The van der Waals surface area contributed by atoms with Crippen LogP contribution in [-0.2, 0) is 13.7 Å². The summed E-state index contributed by atoms with van der Waals surface area (Å²) in [6.07, 6.45) is 8.37. The molecule has 1 aromatic heterocycles. The molecule has 2 aliphatic rings. The van der Waals surface area contributed by atoms with Gasteiger partial charge in [-0.05, 0) is 50.7 Å². The van der Waals surface area contributed by atoms with E-state index >= 15 is 0 Å². The van der Waals surface area contributed by atoms with Crippen LogP contribution in [0.25, 0.3) is 0 Å². The quantitative estimate of drug-likeness (QED) is 0.779. The van der Waals surface area contributed by atoms with Gasteiger partial charge >= 0.3 is 0 Å². The van der Waals surface area contributed by atoms with Gasteiger partial charge in [0, 0.05) is 19.6 Å². The van der Waals surface area contributed by atoms with Gasteiger partial charge in [-0.1, -0.05) is 12.8 Å². The summed E-state index contributed by atoms with van der Waals surface area (Å²) >= 11 is 5.47. The van der Waals surface area contributed by atoms with Crippen molar-refractivity contribution in [1.82, 2.24) is 19.2 Å². The highest BCUT2D eigenvalue weighted by Gasteiger charge is 2.33. The predicted molar refractivity (Wildman–Crippen MR) is 78.5 cm³/mol. The van der Waals surface area contributed by atoms with E-state index in [1.807, 2.05) is 23.2 Å². The molecule has 5 heteroatoms. The van der Waals surface area contributed by atoms with E-state index in [0.717, 1.165) is 29.2 Å². The molecule has 4 nitrogen and oxygen atoms in total. The molecule has 1 aliphatic carbocycles. The Labute approximate surface area is 120 Å². The zero-order valence-corrected chi connectivity index (χ0v) is 12.8. The normalized spacial score (nSPS) is 28.3. The first-order valence-electron chi connectivity index (χ1n) is 7.51. The van der Waals surface area contributed by atoms with Gasteiger partial charge in [-0.25, -0.2) is 4.68 Å². The van der Waals surface area contributed by atoms with Crippen LogP contribution < -0.4 is 0 Å². The average Bonchev–Trinajstić information content (AvgIpc) is 2.67. The van der Waals surface area contributed by atoms with Crippen LogP contribution in [0, 0.1) is 17.6 Å². The van der Waals surface area contributed by atoms with Crippen molar-refractivity contribution in [3.05, 3.63) is 10.6 Å². The second kappa shape index (κ2) is 5.37. The maximum absolute atomic E-state index is 5.47. The number of likely N-dealkylation sites (tertiary alicyclic amines) is 1. The number of piperidine rings is 1. The number of aryl methyl sites for hydroxylation is 1. The van der Waals surface area contributed by atoms with E-state index in [9.17, 15) is 0 Å². The van der Waals surface area contributed by atoms with Crippen LogP contribution in [0.2, 0.25) is 0 Å². The molecule has 1 saturated heterocycles. The summed E-state index contributed by atoms with van der Waals surface area (Å²) in [7, 11) is 2.00. The molecular formula is C14H24N4S. The van der Waals surface area contributed by atoms with Crippen molar-refractivity contribution in [1.29, 1.82) is 0 Å². The number of hydrogen-bond donors (Lipinski definition) is 0. The minimum atomic E-state index is 0.770. The minimum Gasteiger partial charge on any atom is -0.307 e. The maximum Gasteiger partial charge on any atom is 0.198 e. The Bertz CT molecular complexity index is 502. The molecule has 2 atom stereocenters. The molecule has 3 rings (SSSR count). The van der Waals surface area contributed by atoms with Crippen molar-refractivity contribution in [2.75, 3.05) is 6.54 Å². The third-order valence-corrected chi connectivity index (χ3v) is 5.42. The zero-order chi connectivity index (χ0) is 13.4. The van der Waals surface area contributed by atoms with Gasteiger partial charge in [0.25, 0.3) is 0 Å². The highest BCUT2D eigenvalue weighted by Crippen LogP contribution is 2.35. The second-order valence-corrected chi connectivity index (χ2v) is 6.46. The summed E-state index contributed by atoms with van der Waals surface area (Å²) in [5.41, 5.74) is 0. The summed E-state index contributed by atoms with van der Waals surface area (Å²) in [6, 6.07) is 0.770. The van der Waals surface area contributed by atoms with Crippen molar-refractivity contribution in [2.45, 2.75) is 58.2 Å². The summed E-state index contributed by atoms with van der Waals surface area (Å²) < 4.78 is 4.84. The van der Waals surface area contributed by atoms with Gasteiger partial charge in [0.2, 0.25) is 0 Å². The van der Waals surface area contributed by atoms with E-state index in [4.69, 9.17) is 12.2 Å². The van der Waals surface area contributed by atoms with E-state index in [1.165, 1.54) is 45.1 Å². The molecule has 2 heterocycles. The van der Waals surface area contributed by atoms with Crippen LogP contribution in [0.5, 0.6) is 0 Å². The fourth-order valence-electron chi connectivity index (χ4n) is 3.76. The van der Waals surface area contributed by atoms with Gasteiger partial charge in [0.05, 0.1) is 6.67 Å². The number of nitrogens with zero attached hydrogens (tertiary/aromatic N) is 4. The highest BCUT2D eigenvalue weighted by atomic mass is 32.1. The molecule has 106 valence electrons. The van der Waals surface area contributed by atoms with Gasteiger partial charge in [-0.3, -0.25) is 4.90 Å². The largest absolute Gasteiger partial charge is 0.307 e. The van der Waals surface area contributed by atoms with Crippen molar-refractivity contribution in [2.24, 2.45) is 13.0 Å². The Hall–Kier alpha value is -0.680. The SMILES string of the molecule is Cc1nn(CN2CCCC3CCCCC32)c(=S)n1C. The third kappa shape index (κ3) is 2.50. The lowest BCUT2D eigenvalue weighted by Crippen LogP contribution is -2.47. The van der Waals surface area contributed by atoms with Crippen LogP contribution in [0.15, 0.2) is 0 Å². The van der Waals surface area contributed by atoms with Crippen molar-refractivity contribution < 1.29 is 0 Å². The summed E-state index contributed by atoms with van der Waals surface area (Å²) in [5.74, 6) is 1.92. The van der Waals surface area contributed by atoms with Crippen LogP contribution in [0.4, 0.5) is 0 Å². The summed E-state index contributed by atoms with van der Waals surface area (Å²) in [4.78, 5) is 2.62. The Morgan fingerprint density at radius 2 is 1.95 bits per heavy atom. The molecule has 2 fully saturated rings. The molecule has 1 saturated carbocycles. The Balaban J connectivity index is 1.77. The lowest BCUT2D eigenvalue weighted by molar-refractivity contribution is 0.0322. The Kier molecular flexibility index (Phi) is 3.76. The van der Waals surface area contributed by atoms with E-state index < -0.39 is 0 Å². The highest BCUT2D eigenvalue weighted by molar-refractivity contribution is 7.71. The minimum absolute atomic E-state index is 0.770. The molecule has 0 aromatic carbocycles. The topological polar surface area (TPSA) is 26.0 Å². The third-order valence-electron chi connectivity index (χ3n) is 4.93. The number of aromatic nitrogens is 3. The van der Waals surface area contributed by atoms with Gasteiger partial charge in [-0.2, -0.15) is 5.10 Å². The van der Waals surface area contributed by atoms with Crippen molar-refractivity contribution in [3.8, 4) is 0 Å². The summed E-state index contributed by atoms with van der Waals surface area (Å²) in [5, 5.41) is 4.58. The van der Waals surface area contributed by atoms with Crippen LogP contribution in [-0.4, -0.2) is 31.8 Å². The van der Waals surface area contributed by atoms with Crippen LogP contribution in [0.1, 0.15) is 44.3 Å². The van der Waals surface area contributed by atoms with E-state index in [-0.39, 0.29) is 0 Å². The number of rotatable bonds is 2.